The van der Waals surface area contributed by atoms with Gasteiger partial charge in [0.25, 0.3) is 5.91 Å². The van der Waals surface area contributed by atoms with Gasteiger partial charge in [0, 0.05) is 6.04 Å². The Balaban J connectivity index is 2.05. The van der Waals surface area contributed by atoms with Crippen LogP contribution in [0.1, 0.15) is 26.7 Å². The first-order valence-corrected chi connectivity index (χ1v) is 6.77. The van der Waals surface area contributed by atoms with E-state index in [-0.39, 0.29) is 11.9 Å². The van der Waals surface area contributed by atoms with Crippen molar-refractivity contribution in [1.82, 2.24) is 4.90 Å². The molecular formula is C15H19NO4. The molecule has 2 unspecified atom stereocenters. The maximum absolute atomic E-state index is 12.4. The number of carbonyl (C=O) groups is 2. The van der Waals surface area contributed by atoms with Crippen molar-refractivity contribution < 1.29 is 19.4 Å². The monoisotopic (exact) mass is 277 g/mol. The average Bonchev–Trinajstić information content (AvgIpc) is 3.24. The van der Waals surface area contributed by atoms with Gasteiger partial charge in [-0.15, -0.1) is 0 Å². The van der Waals surface area contributed by atoms with E-state index in [0.717, 1.165) is 12.8 Å². The highest BCUT2D eigenvalue weighted by Crippen LogP contribution is 2.29. The number of hydrogen-bond acceptors (Lipinski definition) is 3. The molecule has 1 amide bonds. The normalized spacial score (nSPS) is 17.1. The van der Waals surface area contributed by atoms with Gasteiger partial charge in [0.15, 0.2) is 6.10 Å². The van der Waals surface area contributed by atoms with E-state index < -0.39 is 18.1 Å². The molecule has 0 saturated heterocycles. The molecule has 20 heavy (non-hydrogen) atoms. The van der Waals surface area contributed by atoms with E-state index in [0.29, 0.717) is 5.75 Å². The van der Waals surface area contributed by atoms with Crippen molar-refractivity contribution in [2.45, 2.75) is 44.9 Å². The van der Waals surface area contributed by atoms with E-state index in [4.69, 9.17) is 9.84 Å². The number of rotatable bonds is 6. The summed E-state index contributed by atoms with van der Waals surface area (Å²) < 4.78 is 5.58. The number of para-hydroxylation sites is 1. The van der Waals surface area contributed by atoms with Crippen LogP contribution in [-0.4, -0.2) is 40.1 Å². The fourth-order valence-corrected chi connectivity index (χ4v) is 2.12. The minimum absolute atomic E-state index is 0.0374. The zero-order valence-corrected chi connectivity index (χ0v) is 11.7. The van der Waals surface area contributed by atoms with Gasteiger partial charge in [-0.2, -0.15) is 0 Å². The van der Waals surface area contributed by atoms with Crippen LogP contribution in [0.25, 0.3) is 0 Å². The van der Waals surface area contributed by atoms with Crippen LogP contribution < -0.4 is 4.74 Å². The van der Waals surface area contributed by atoms with Gasteiger partial charge in [-0.05, 0) is 38.8 Å². The van der Waals surface area contributed by atoms with Crippen LogP contribution >= 0.6 is 0 Å². The Kier molecular flexibility index (Phi) is 4.27. The summed E-state index contributed by atoms with van der Waals surface area (Å²) in [4.78, 5) is 25.0. The quantitative estimate of drug-likeness (QED) is 0.862. The summed E-state index contributed by atoms with van der Waals surface area (Å²) in [5.74, 6) is -0.657. The van der Waals surface area contributed by atoms with Crippen molar-refractivity contribution in [3.63, 3.8) is 0 Å². The van der Waals surface area contributed by atoms with Crippen molar-refractivity contribution in [3.05, 3.63) is 30.3 Å². The standard InChI is InChI=1S/C15H19NO4/c1-10(15(18)19)16(12-8-9-12)14(17)11(2)20-13-6-4-3-5-7-13/h3-7,10-12H,8-9H2,1-2H3,(H,18,19). The Morgan fingerprint density at radius 2 is 1.85 bits per heavy atom. The number of carboxylic acid groups (broad SMARTS) is 1. The molecule has 0 aromatic heterocycles. The van der Waals surface area contributed by atoms with E-state index in [2.05, 4.69) is 0 Å². The maximum Gasteiger partial charge on any atom is 0.326 e. The molecule has 1 aliphatic carbocycles. The number of carbonyl (C=O) groups excluding carboxylic acids is 1. The number of ether oxygens (including phenoxy) is 1. The molecule has 1 aliphatic rings. The molecule has 0 bridgehead atoms. The predicted molar refractivity (Wildman–Crippen MR) is 73.5 cm³/mol. The smallest absolute Gasteiger partial charge is 0.326 e. The SMILES string of the molecule is CC(Oc1ccccc1)C(=O)N(C1CC1)C(C)C(=O)O. The maximum atomic E-state index is 12.4. The van der Waals surface area contributed by atoms with Crippen molar-refractivity contribution in [1.29, 1.82) is 0 Å². The molecule has 1 N–H and O–H groups in total. The third-order valence-corrected chi connectivity index (χ3v) is 3.37. The lowest BCUT2D eigenvalue weighted by molar-refractivity contribution is -0.153. The summed E-state index contributed by atoms with van der Waals surface area (Å²) in [6, 6.07) is 8.27. The fraction of sp³-hybridized carbons (Fsp3) is 0.467. The zero-order valence-electron chi connectivity index (χ0n) is 11.7. The lowest BCUT2D eigenvalue weighted by Crippen LogP contribution is -2.49. The topological polar surface area (TPSA) is 66.8 Å². The van der Waals surface area contributed by atoms with Gasteiger partial charge >= 0.3 is 5.97 Å². The molecule has 0 spiro atoms. The third-order valence-electron chi connectivity index (χ3n) is 3.37. The number of benzene rings is 1. The Labute approximate surface area is 118 Å². The molecular weight excluding hydrogens is 258 g/mol. The third kappa shape index (κ3) is 3.29. The van der Waals surface area contributed by atoms with Crippen LogP contribution in [0, 0.1) is 0 Å². The second-order valence-electron chi connectivity index (χ2n) is 5.06. The Morgan fingerprint density at radius 3 is 2.35 bits per heavy atom. The molecule has 0 radical (unpaired) electrons. The van der Waals surface area contributed by atoms with Gasteiger partial charge in [0.1, 0.15) is 11.8 Å². The van der Waals surface area contributed by atoms with Gasteiger partial charge in [-0.1, -0.05) is 18.2 Å². The first kappa shape index (κ1) is 14.4. The van der Waals surface area contributed by atoms with Crippen LogP contribution in [0.15, 0.2) is 30.3 Å². The van der Waals surface area contributed by atoms with E-state index >= 15 is 0 Å². The summed E-state index contributed by atoms with van der Waals surface area (Å²) in [5.41, 5.74) is 0. The lowest BCUT2D eigenvalue weighted by atomic mass is 10.2. The number of hydrogen-bond donors (Lipinski definition) is 1. The molecule has 1 fully saturated rings. The van der Waals surface area contributed by atoms with Crippen molar-refractivity contribution >= 4 is 11.9 Å². The van der Waals surface area contributed by atoms with Crippen LogP contribution in [0.2, 0.25) is 0 Å². The predicted octanol–water partition coefficient (Wildman–Crippen LogP) is 1.92. The summed E-state index contributed by atoms with van der Waals surface area (Å²) in [6.07, 6.45) is 1.03. The summed E-state index contributed by atoms with van der Waals surface area (Å²) in [6.45, 7) is 3.19. The molecule has 5 heteroatoms. The van der Waals surface area contributed by atoms with E-state index in [1.54, 1.807) is 19.1 Å². The van der Waals surface area contributed by atoms with E-state index in [9.17, 15) is 9.59 Å². The van der Waals surface area contributed by atoms with Crippen molar-refractivity contribution in [2.24, 2.45) is 0 Å². The summed E-state index contributed by atoms with van der Waals surface area (Å²) in [5, 5.41) is 9.11. The van der Waals surface area contributed by atoms with Crippen LogP contribution in [0.3, 0.4) is 0 Å². The number of amides is 1. The van der Waals surface area contributed by atoms with Crippen molar-refractivity contribution in [2.75, 3.05) is 0 Å². The van der Waals surface area contributed by atoms with Gasteiger partial charge in [0.2, 0.25) is 0 Å². The first-order chi connectivity index (χ1) is 9.50. The lowest BCUT2D eigenvalue weighted by Gasteiger charge is -2.29. The van der Waals surface area contributed by atoms with Gasteiger partial charge in [0.05, 0.1) is 0 Å². The second kappa shape index (κ2) is 5.94. The Bertz CT molecular complexity index is 484. The molecule has 1 aromatic carbocycles. The van der Waals surface area contributed by atoms with Gasteiger partial charge in [-0.25, -0.2) is 4.79 Å². The van der Waals surface area contributed by atoms with Crippen LogP contribution in [0.5, 0.6) is 5.75 Å². The minimum Gasteiger partial charge on any atom is -0.481 e. The van der Waals surface area contributed by atoms with Crippen LogP contribution in [0.4, 0.5) is 0 Å². The molecule has 108 valence electrons. The number of carboxylic acids is 1. The highest BCUT2D eigenvalue weighted by atomic mass is 16.5. The molecule has 1 aromatic rings. The molecule has 2 rings (SSSR count). The first-order valence-electron chi connectivity index (χ1n) is 6.77. The second-order valence-corrected chi connectivity index (χ2v) is 5.06. The molecule has 0 heterocycles. The number of aliphatic carboxylic acids is 1. The molecule has 1 saturated carbocycles. The summed E-state index contributed by atoms with van der Waals surface area (Å²) >= 11 is 0. The van der Waals surface area contributed by atoms with Crippen molar-refractivity contribution in [3.8, 4) is 5.75 Å². The number of nitrogens with zero attached hydrogens (tertiary/aromatic N) is 1. The highest BCUT2D eigenvalue weighted by molar-refractivity contribution is 5.86. The zero-order chi connectivity index (χ0) is 14.7. The fourth-order valence-electron chi connectivity index (χ4n) is 2.12. The Hall–Kier alpha value is -2.04. The van der Waals surface area contributed by atoms with Gasteiger partial charge in [-0.3, -0.25) is 4.79 Å². The van der Waals surface area contributed by atoms with Gasteiger partial charge < -0.3 is 14.7 Å². The Morgan fingerprint density at radius 1 is 1.25 bits per heavy atom. The average molecular weight is 277 g/mol. The minimum atomic E-state index is -0.989. The molecule has 2 atom stereocenters. The molecule has 0 aliphatic heterocycles. The van der Waals surface area contributed by atoms with Crippen LogP contribution in [-0.2, 0) is 9.59 Å². The molecule has 5 nitrogen and oxygen atoms in total. The van der Waals surface area contributed by atoms with E-state index in [1.165, 1.54) is 11.8 Å². The summed E-state index contributed by atoms with van der Waals surface area (Å²) in [7, 11) is 0. The largest absolute Gasteiger partial charge is 0.481 e. The highest BCUT2D eigenvalue weighted by Gasteiger charge is 2.40. The van der Waals surface area contributed by atoms with E-state index in [1.807, 2.05) is 18.2 Å².